The Balaban J connectivity index is 1.58. The Bertz CT molecular complexity index is 1810. The molecular formula is C31H29N5O4S. The van der Waals surface area contributed by atoms with Crippen LogP contribution in [-0.2, 0) is 26.9 Å². The monoisotopic (exact) mass is 567 g/mol. The van der Waals surface area contributed by atoms with Crippen LogP contribution in [0.15, 0.2) is 102 Å². The molecule has 0 spiro atoms. The molecule has 0 saturated carbocycles. The van der Waals surface area contributed by atoms with E-state index < -0.39 is 15.6 Å². The number of hydrogen-bond donors (Lipinski definition) is 3. The average Bonchev–Trinajstić information content (AvgIpc) is 3.31. The van der Waals surface area contributed by atoms with Crippen LogP contribution in [0.2, 0.25) is 0 Å². The van der Waals surface area contributed by atoms with Crippen LogP contribution >= 0.6 is 0 Å². The van der Waals surface area contributed by atoms with Gasteiger partial charge in [-0.25, -0.2) is 13.6 Å². The van der Waals surface area contributed by atoms with Crippen molar-refractivity contribution in [2.45, 2.75) is 23.9 Å². The fourth-order valence-electron chi connectivity index (χ4n) is 5.29. The van der Waals surface area contributed by atoms with Gasteiger partial charge >= 0.3 is 0 Å². The molecule has 1 unspecified atom stereocenters. The summed E-state index contributed by atoms with van der Waals surface area (Å²) in [6, 6.07) is 27.4. The summed E-state index contributed by atoms with van der Waals surface area (Å²) in [4.78, 5) is 31.2. The second-order valence-corrected chi connectivity index (χ2v) is 11.6. The lowest BCUT2D eigenvalue weighted by Gasteiger charge is -2.40. The molecule has 1 heterocycles. The molecule has 2 amide bonds. The molecule has 1 aliphatic rings. The van der Waals surface area contributed by atoms with Gasteiger partial charge in [0.1, 0.15) is 11.4 Å². The molecule has 0 radical (unpaired) electrons. The van der Waals surface area contributed by atoms with Gasteiger partial charge in [0.25, 0.3) is 11.8 Å². The molecule has 5 N–H and O–H groups in total. The van der Waals surface area contributed by atoms with E-state index in [1.165, 1.54) is 15.9 Å². The van der Waals surface area contributed by atoms with Crippen LogP contribution in [-0.4, -0.2) is 38.0 Å². The van der Waals surface area contributed by atoms with Crippen LogP contribution in [0, 0.1) is 5.41 Å². The molecule has 0 saturated heterocycles. The highest BCUT2D eigenvalue weighted by atomic mass is 32.2. The molecule has 4 aromatic carbocycles. The number of amidine groups is 1. The van der Waals surface area contributed by atoms with Gasteiger partial charge in [0.2, 0.25) is 10.0 Å². The topological polar surface area (TPSA) is 151 Å². The smallest absolute Gasteiger partial charge is 0.257 e. The first-order valence-electron chi connectivity index (χ1n) is 12.8. The first kappa shape index (κ1) is 27.8. The Morgan fingerprint density at radius 1 is 0.927 bits per heavy atom. The van der Waals surface area contributed by atoms with E-state index in [1.807, 2.05) is 30.3 Å². The molecule has 9 nitrogen and oxygen atoms in total. The zero-order valence-corrected chi connectivity index (χ0v) is 23.4. The molecule has 4 aromatic rings. The van der Waals surface area contributed by atoms with Crippen molar-refractivity contribution in [3.8, 4) is 11.1 Å². The van der Waals surface area contributed by atoms with Gasteiger partial charge in [0, 0.05) is 36.0 Å². The number of anilines is 1. The summed E-state index contributed by atoms with van der Waals surface area (Å²) in [6.07, 6.45) is 0. The van der Waals surface area contributed by atoms with Crippen LogP contribution in [0.5, 0.6) is 0 Å². The minimum absolute atomic E-state index is 0.0140. The number of likely N-dealkylation sites (N-methyl/N-ethyl adjacent to an activating group) is 1. The first-order valence-corrected chi connectivity index (χ1v) is 14.3. The van der Waals surface area contributed by atoms with Crippen LogP contribution < -0.4 is 15.8 Å². The molecule has 208 valence electrons. The Morgan fingerprint density at radius 3 is 2.29 bits per heavy atom. The third-order valence-electron chi connectivity index (χ3n) is 7.56. The summed E-state index contributed by atoms with van der Waals surface area (Å²) in [5, 5.41) is 13.2. The van der Waals surface area contributed by atoms with E-state index in [4.69, 9.17) is 16.3 Å². The number of fused-ring (bicyclic) bond motifs is 1. The van der Waals surface area contributed by atoms with Crippen LogP contribution in [0.4, 0.5) is 5.69 Å². The molecule has 1 atom stereocenters. The van der Waals surface area contributed by atoms with Gasteiger partial charge in [-0.15, -0.1) is 0 Å². The number of primary sulfonamides is 1. The molecular weight excluding hydrogens is 538 g/mol. The predicted molar refractivity (Wildman–Crippen MR) is 158 cm³/mol. The number of rotatable bonds is 7. The number of sulfonamides is 1. The Labute approximate surface area is 238 Å². The van der Waals surface area contributed by atoms with E-state index in [0.717, 1.165) is 0 Å². The largest absolute Gasteiger partial charge is 0.384 e. The zero-order valence-electron chi connectivity index (χ0n) is 22.5. The summed E-state index contributed by atoms with van der Waals surface area (Å²) >= 11 is 0. The molecule has 41 heavy (non-hydrogen) atoms. The Morgan fingerprint density at radius 2 is 1.61 bits per heavy atom. The highest BCUT2D eigenvalue weighted by Gasteiger charge is 2.48. The summed E-state index contributed by atoms with van der Waals surface area (Å²) in [6.45, 7) is 1.84. The van der Waals surface area contributed by atoms with Gasteiger partial charge in [-0.3, -0.25) is 15.0 Å². The second-order valence-electron chi connectivity index (χ2n) is 10.1. The summed E-state index contributed by atoms with van der Waals surface area (Å²) < 4.78 is 24.4. The van der Waals surface area contributed by atoms with E-state index in [0.29, 0.717) is 39.1 Å². The van der Waals surface area contributed by atoms with Crippen LogP contribution in [0.3, 0.4) is 0 Å². The zero-order chi connectivity index (χ0) is 29.5. The highest BCUT2D eigenvalue weighted by Crippen LogP contribution is 2.40. The second kappa shape index (κ2) is 10.3. The fraction of sp³-hybridized carbons (Fsp3) is 0.129. The molecule has 1 aliphatic heterocycles. The molecule has 0 fully saturated rings. The van der Waals surface area contributed by atoms with Gasteiger partial charge in [-0.2, -0.15) is 0 Å². The number of amides is 2. The van der Waals surface area contributed by atoms with Crippen LogP contribution in [0.1, 0.15) is 34.0 Å². The van der Waals surface area contributed by atoms with E-state index in [1.54, 1.807) is 74.6 Å². The van der Waals surface area contributed by atoms with Crippen molar-refractivity contribution in [3.05, 3.63) is 119 Å². The van der Waals surface area contributed by atoms with Gasteiger partial charge in [0.15, 0.2) is 0 Å². The molecule has 0 aromatic heterocycles. The van der Waals surface area contributed by atoms with Crippen molar-refractivity contribution < 1.29 is 18.0 Å². The fourth-order valence-corrected chi connectivity index (χ4v) is 6.05. The first-order chi connectivity index (χ1) is 19.4. The van der Waals surface area contributed by atoms with E-state index >= 15 is 0 Å². The highest BCUT2D eigenvalue weighted by molar-refractivity contribution is 7.89. The Hall–Kier alpha value is -4.80. The maximum Gasteiger partial charge on any atom is 0.257 e. The minimum Gasteiger partial charge on any atom is -0.384 e. The van der Waals surface area contributed by atoms with E-state index in [9.17, 15) is 18.0 Å². The number of carbonyl (C=O) groups is 2. The van der Waals surface area contributed by atoms with Crippen molar-refractivity contribution in [3.63, 3.8) is 0 Å². The number of nitrogen functional groups attached to an aromatic ring is 1. The number of benzene rings is 4. The van der Waals surface area contributed by atoms with Gasteiger partial charge < -0.3 is 15.5 Å². The van der Waals surface area contributed by atoms with Crippen molar-refractivity contribution in [2.24, 2.45) is 10.9 Å². The van der Waals surface area contributed by atoms with Gasteiger partial charge in [-0.05, 0) is 53.9 Å². The third kappa shape index (κ3) is 4.88. The van der Waals surface area contributed by atoms with Gasteiger partial charge in [0.05, 0.1) is 4.90 Å². The van der Waals surface area contributed by atoms with Gasteiger partial charge in [-0.1, -0.05) is 66.7 Å². The minimum atomic E-state index is -3.98. The van der Waals surface area contributed by atoms with Crippen LogP contribution in [0.25, 0.3) is 11.1 Å². The average molecular weight is 568 g/mol. The number of hydrogen-bond acceptors (Lipinski definition) is 5. The van der Waals surface area contributed by atoms with E-state index in [2.05, 4.69) is 0 Å². The summed E-state index contributed by atoms with van der Waals surface area (Å²) in [5.41, 5.74) is 8.00. The lowest BCUT2D eigenvalue weighted by molar-refractivity contribution is -0.129. The number of nitrogens with one attached hydrogen (secondary N) is 1. The van der Waals surface area contributed by atoms with E-state index in [-0.39, 0.29) is 29.1 Å². The molecule has 0 aliphatic carbocycles. The summed E-state index contributed by atoms with van der Waals surface area (Å²) in [5.74, 6) is -0.800. The number of carbonyl (C=O) groups excluding carboxylic acids is 2. The molecule has 10 heteroatoms. The summed E-state index contributed by atoms with van der Waals surface area (Å²) in [7, 11) is -2.36. The maximum atomic E-state index is 14.3. The third-order valence-corrected chi connectivity index (χ3v) is 8.52. The maximum absolute atomic E-state index is 14.3. The lowest BCUT2D eigenvalue weighted by Crippen LogP contribution is -2.55. The number of nitrogens with zero attached hydrogens (tertiary/aromatic N) is 2. The number of nitrogens with two attached hydrogens (primary N) is 2. The van der Waals surface area contributed by atoms with Crippen molar-refractivity contribution in [1.29, 1.82) is 5.41 Å². The SMILES string of the molecule is CN(C(=O)C(C)(c1ccccc1)N1Cc2cc(-c3ccccc3S(N)(=O)=O)ccc2C1=O)c1cccc(C(=N)N)c1. The molecule has 5 rings (SSSR count). The Kier molecular flexibility index (Phi) is 6.98. The molecule has 0 bridgehead atoms. The van der Waals surface area contributed by atoms with Crippen molar-refractivity contribution >= 4 is 33.4 Å². The van der Waals surface area contributed by atoms with Crippen molar-refractivity contribution in [1.82, 2.24) is 4.90 Å². The predicted octanol–water partition coefficient (Wildman–Crippen LogP) is 3.82. The quantitative estimate of drug-likeness (QED) is 0.229. The standard InChI is InChI=1S/C31H29N5O4S/c1-31(23-10-4-3-5-11-23,30(38)35(2)24-12-8-9-21(18-24)28(32)33)36-19-22-17-20(15-16-26(22)29(36)37)25-13-6-7-14-27(25)41(34,39)40/h3-18H,19H2,1-2H3,(H3,32,33)(H2,34,39,40). The normalized spacial score (nSPS) is 14.3. The van der Waals surface area contributed by atoms with Crippen molar-refractivity contribution in [2.75, 3.05) is 11.9 Å². The lowest BCUT2D eigenvalue weighted by atomic mass is 9.88.